The molecular formula is C14H17N3O2S. The second kappa shape index (κ2) is 5.66. The predicted molar refractivity (Wildman–Crippen MR) is 78.1 cm³/mol. The molecule has 1 fully saturated rings. The predicted octanol–water partition coefficient (Wildman–Crippen LogP) is 1.94. The lowest BCUT2D eigenvalue weighted by atomic mass is 10.2. The minimum absolute atomic E-state index is 0.212. The molecule has 1 aliphatic heterocycles. The average molecular weight is 291 g/mol. The number of anilines is 1. The summed E-state index contributed by atoms with van der Waals surface area (Å²) in [6, 6.07) is 5.93. The second-order valence-electron chi connectivity index (χ2n) is 4.92. The Bertz CT molecular complexity index is 571. The van der Waals surface area contributed by atoms with Crippen LogP contribution >= 0.6 is 11.3 Å². The number of amides is 1. The molecule has 2 aromatic heterocycles. The van der Waals surface area contributed by atoms with Gasteiger partial charge in [-0.15, -0.1) is 11.3 Å². The summed E-state index contributed by atoms with van der Waals surface area (Å²) in [5, 5.41) is 6.03. The van der Waals surface area contributed by atoms with E-state index in [4.69, 9.17) is 4.52 Å². The number of piperazine rings is 1. The lowest BCUT2D eigenvalue weighted by Crippen LogP contribution is -2.49. The highest BCUT2D eigenvalue weighted by Gasteiger charge is 2.22. The van der Waals surface area contributed by atoms with Gasteiger partial charge in [0.2, 0.25) is 5.91 Å². The van der Waals surface area contributed by atoms with E-state index in [9.17, 15) is 4.79 Å². The van der Waals surface area contributed by atoms with Gasteiger partial charge in [-0.25, -0.2) is 0 Å². The lowest BCUT2D eigenvalue weighted by Gasteiger charge is -2.34. The molecule has 0 aromatic carbocycles. The zero-order valence-corrected chi connectivity index (χ0v) is 12.2. The first-order chi connectivity index (χ1) is 9.72. The molecule has 0 unspecified atom stereocenters. The van der Waals surface area contributed by atoms with Gasteiger partial charge in [-0.05, 0) is 18.4 Å². The highest BCUT2D eigenvalue weighted by atomic mass is 32.1. The number of thiophene rings is 1. The molecule has 3 rings (SSSR count). The summed E-state index contributed by atoms with van der Waals surface area (Å²) in [5.41, 5.74) is 0. The topological polar surface area (TPSA) is 49.6 Å². The molecule has 106 valence electrons. The van der Waals surface area contributed by atoms with Gasteiger partial charge < -0.3 is 14.3 Å². The van der Waals surface area contributed by atoms with Crippen LogP contribution in [0.25, 0.3) is 0 Å². The van der Waals surface area contributed by atoms with Gasteiger partial charge in [0.25, 0.3) is 0 Å². The highest BCUT2D eigenvalue weighted by Crippen LogP contribution is 2.17. The SMILES string of the molecule is Cc1cc(N2CCN(C(=O)Cc3cccs3)CC2)no1. The molecule has 1 aliphatic rings. The van der Waals surface area contributed by atoms with Gasteiger partial charge >= 0.3 is 0 Å². The van der Waals surface area contributed by atoms with Crippen LogP contribution in [0.5, 0.6) is 0 Å². The largest absolute Gasteiger partial charge is 0.360 e. The normalized spacial score (nSPS) is 15.7. The van der Waals surface area contributed by atoms with Crippen LogP contribution in [-0.2, 0) is 11.2 Å². The van der Waals surface area contributed by atoms with E-state index in [2.05, 4.69) is 10.1 Å². The summed E-state index contributed by atoms with van der Waals surface area (Å²) in [6.07, 6.45) is 0.515. The third kappa shape index (κ3) is 2.85. The van der Waals surface area contributed by atoms with Gasteiger partial charge in [-0.1, -0.05) is 11.2 Å². The van der Waals surface area contributed by atoms with Gasteiger partial charge in [0.1, 0.15) is 5.76 Å². The van der Waals surface area contributed by atoms with Crippen LogP contribution in [0, 0.1) is 6.92 Å². The Morgan fingerprint density at radius 2 is 2.20 bits per heavy atom. The number of rotatable bonds is 3. The smallest absolute Gasteiger partial charge is 0.227 e. The molecule has 0 aliphatic carbocycles. The van der Waals surface area contributed by atoms with E-state index in [1.807, 2.05) is 35.4 Å². The first-order valence-electron chi connectivity index (χ1n) is 6.71. The number of nitrogens with zero attached hydrogens (tertiary/aromatic N) is 3. The molecule has 6 heteroatoms. The van der Waals surface area contributed by atoms with Crippen LogP contribution in [0.4, 0.5) is 5.82 Å². The zero-order chi connectivity index (χ0) is 13.9. The van der Waals surface area contributed by atoms with Crippen LogP contribution in [0.1, 0.15) is 10.6 Å². The van der Waals surface area contributed by atoms with Crippen molar-refractivity contribution in [3.8, 4) is 0 Å². The summed E-state index contributed by atoms with van der Waals surface area (Å²) < 4.78 is 5.09. The molecule has 0 atom stereocenters. The van der Waals surface area contributed by atoms with Crippen molar-refractivity contribution in [2.45, 2.75) is 13.3 Å². The standard InChI is InChI=1S/C14H17N3O2S/c1-11-9-13(15-19-11)16-4-6-17(7-5-16)14(18)10-12-3-2-8-20-12/h2-3,8-9H,4-7,10H2,1H3. The molecule has 0 radical (unpaired) electrons. The maximum absolute atomic E-state index is 12.2. The van der Waals surface area contributed by atoms with Crippen LogP contribution in [0.15, 0.2) is 28.1 Å². The summed E-state index contributed by atoms with van der Waals surface area (Å²) in [5.74, 6) is 1.90. The van der Waals surface area contributed by atoms with Crippen molar-refractivity contribution in [1.82, 2.24) is 10.1 Å². The summed E-state index contributed by atoms with van der Waals surface area (Å²) in [4.78, 5) is 17.4. The van der Waals surface area contributed by atoms with Crippen LogP contribution in [0.3, 0.4) is 0 Å². The number of aryl methyl sites for hydroxylation is 1. The summed E-state index contributed by atoms with van der Waals surface area (Å²) >= 11 is 1.64. The molecule has 20 heavy (non-hydrogen) atoms. The third-order valence-corrected chi connectivity index (χ3v) is 4.35. The van der Waals surface area contributed by atoms with E-state index in [1.54, 1.807) is 11.3 Å². The Morgan fingerprint density at radius 1 is 1.40 bits per heavy atom. The van der Waals surface area contributed by atoms with Crippen LogP contribution in [-0.4, -0.2) is 42.1 Å². The van der Waals surface area contributed by atoms with E-state index in [0.717, 1.165) is 42.6 Å². The molecule has 0 N–H and O–H groups in total. The van der Waals surface area contributed by atoms with Crippen molar-refractivity contribution < 1.29 is 9.32 Å². The Kier molecular flexibility index (Phi) is 3.73. The fourth-order valence-corrected chi connectivity index (χ4v) is 3.06. The molecule has 0 spiro atoms. The fraction of sp³-hybridized carbons (Fsp3) is 0.429. The van der Waals surface area contributed by atoms with Crippen molar-refractivity contribution >= 4 is 23.1 Å². The average Bonchev–Trinajstić information content (AvgIpc) is 3.10. The van der Waals surface area contributed by atoms with E-state index in [1.165, 1.54) is 0 Å². The van der Waals surface area contributed by atoms with Gasteiger partial charge in [0.05, 0.1) is 6.42 Å². The Balaban J connectivity index is 1.54. The van der Waals surface area contributed by atoms with Gasteiger partial charge in [-0.3, -0.25) is 4.79 Å². The second-order valence-corrected chi connectivity index (χ2v) is 5.95. The number of aromatic nitrogens is 1. The first-order valence-corrected chi connectivity index (χ1v) is 7.59. The van der Waals surface area contributed by atoms with Gasteiger partial charge in [0.15, 0.2) is 5.82 Å². The molecule has 1 saturated heterocycles. The molecule has 0 bridgehead atoms. The van der Waals surface area contributed by atoms with Crippen molar-refractivity contribution in [1.29, 1.82) is 0 Å². The Labute approximate surface area is 121 Å². The van der Waals surface area contributed by atoms with E-state index >= 15 is 0 Å². The van der Waals surface area contributed by atoms with Gasteiger partial charge in [-0.2, -0.15) is 0 Å². The van der Waals surface area contributed by atoms with Crippen LogP contribution in [0.2, 0.25) is 0 Å². The number of carbonyl (C=O) groups excluding carboxylic acids is 1. The molecule has 1 amide bonds. The molecule has 2 aromatic rings. The van der Waals surface area contributed by atoms with E-state index in [0.29, 0.717) is 6.42 Å². The Hall–Kier alpha value is -1.82. The molecule has 5 nitrogen and oxygen atoms in total. The van der Waals surface area contributed by atoms with Crippen molar-refractivity contribution in [2.24, 2.45) is 0 Å². The van der Waals surface area contributed by atoms with Crippen molar-refractivity contribution in [3.63, 3.8) is 0 Å². The minimum Gasteiger partial charge on any atom is -0.360 e. The summed E-state index contributed by atoms with van der Waals surface area (Å²) in [6.45, 7) is 4.99. The lowest BCUT2D eigenvalue weighted by molar-refractivity contribution is -0.130. The van der Waals surface area contributed by atoms with Gasteiger partial charge in [0, 0.05) is 37.1 Å². The fourth-order valence-electron chi connectivity index (χ4n) is 2.36. The third-order valence-electron chi connectivity index (χ3n) is 3.48. The Morgan fingerprint density at radius 3 is 2.80 bits per heavy atom. The van der Waals surface area contributed by atoms with Crippen molar-refractivity contribution in [3.05, 3.63) is 34.2 Å². The minimum atomic E-state index is 0.212. The number of carbonyl (C=O) groups is 1. The van der Waals surface area contributed by atoms with Crippen LogP contribution < -0.4 is 4.90 Å². The summed E-state index contributed by atoms with van der Waals surface area (Å²) in [7, 11) is 0. The van der Waals surface area contributed by atoms with Crippen molar-refractivity contribution in [2.75, 3.05) is 31.1 Å². The monoisotopic (exact) mass is 291 g/mol. The molecule has 0 saturated carbocycles. The van der Waals surface area contributed by atoms with E-state index in [-0.39, 0.29) is 5.91 Å². The zero-order valence-electron chi connectivity index (χ0n) is 11.4. The number of hydrogen-bond donors (Lipinski definition) is 0. The van der Waals surface area contributed by atoms with E-state index < -0.39 is 0 Å². The number of hydrogen-bond acceptors (Lipinski definition) is 5. The highest BCUT2D eigenvalue weighted by molar-refractivity contribution is 7.10. The maximum Gasteiger partial charge on any atom is 0.227 e. The quantitative estimate of drug-likeness (QED) is 0.867. The molecular weight excluding hydrogens is 274 g/mol. The molecule has 3 heterocycles. The maximum atomic E-state index is 12.2. The first kappa shape index (κ1) is 13.2.